The van der Waals surface area contributed by atoms with Crippen LogP contribution in [-0.2, 0) is 12.8 Å². The molecule has 0 aromatic heterocycles. The molecule has 1 atom stereocenters. The minimum atomic E-state index is -2.81. The molecule has 0 heterocycles. The summed E-state index contributed by atoms with van der Waals surface area (Å²) in [5.74, 6) is 0.193. The molecule has 0 bridgehead atoms. The average molecular weight is 270 g/mol. The first kappa shape index (κ1) is 13.5. The van der Waals surface area contributed by atoms with Gasteiger partial charge in [-0.05, 0) is 17.7 Å². The molecule has 1 aliphatic carbocycles. The van der Waals surface area contributed by atoms with Crippen molar-refractivity contribution < 1.29 is 31.7 Å². The number of quaternary nitrogens is 1. The highest BCUT2D eigenvalue weighted by atomic mass is 35.5. The van der Waals surface area contributed by atoms with E-state index in [0.717, 1.165) is 17.5 Å². The molecule has 0 saturated carbocycles. The van der Waals surface area contributed by atoms with E-state index in [0.29, 0.717) is 11.4 Å². The predicted molar refractivity (Wildman–Crippen MR) is 52.2 cm³/mol. The maximum absolute atomic E-state index is 12.1. The molecule has 1 aliphatic rings. The largest absolute Gasteiger partial charge is 1.00 e. The summed E-state index contributed by atoms with van der Waals surface area (Å²) in [6, 6.07) is 3.45. The highest BCUT2D eigenvalue weighted by Gasteiger charge is 2.26. The third kappa shape index (κ3) is 2.75. The van der Waals surface area contributed by atoms with Crippen LogP contribution < -0.4 is 22.9 Å². The van der Waals surface area contributed by atoms with Crippen molar-refractivity contribution in [3.63, 3.8) is 0 Å². The molecule has 0 saturated heterocycles. The van der Waals surface area contributed by atoms with Crippen molar-refractivity contribution in [1.29, 1.82) is 0 Å². The fraction of sp³-hybridized carbons (Fsp3) is 0.400. The number of halogens is 4. The van der Waals surface area contributed by atoms with Gasteiger partial charge in [-0.2, -0.15) is 8.78 Å². The number of ether oxygens (including phenoxy) is 1. The molecule has 2 rings (SSSR count). The van der Waals surface area contributed by atoms with Gasteiger partial charge in [0, 0.05) is 23.4 Å². The molecule has 0 radical (unpaired) electrons. The van der Waals surface area contributed by atoms with Gasteiger partial charge < -0.3 is 22.9 Å². The van der Waals surface area contributed by atoms with Gasteiger partial charge in [-0.15, -0.1) is 0 Å². The van der Waals surface area contributed by atoms with Crippen molar-refractivity contribution in [1.82, 2.24) is 0 Å². The molecule has 90 valence electrons. The standard InChI is InChI=1S/C10H10ClF2NO.ClH/c11-6-1-5-2-7(14)4-8(5)9(3-6)15-10(12)13;/h1,3,7,10H,2,4,14H2;1H. The molecule has 0 aliphatic heterocycles. The lowest BCUT2D eigenvalue weighted by Gasteiger charge is -2.09. The Hall–Kier alpha value is -0.580. The minimum Gasteiger partial charge on any atom is -1.00 e. The van der Waals surface area contributed by atoms with E-state index in [9.17, 15) is 8.78 Å². The third-order valence-corrected chi connectivity index (χ3v) is 2.70. The van der Waals surface area contributed by atoms with Crippen LogP contribution in [0.1, 0.15) is 11.1 Å². The Labute approximate surface area is 103 Å². The Morgan fingerprint density at radius 2 is 2.06 bits per heavy atom. The first-order valence-electron chi connectivity index (χ1n) is 4.65. The van der Waals surface area contributed by atoms with E-state index in [-0.39, 0.29) is 24.2 Å². The van der Waals surface area contributed by atoms with Gasteiger partial charge in [0.25, 0.3) is 0 Å². The van der Waals surface area contributed by atoms with Gasteiger partial charge >= 0.3 is 6.61 Å². The number of hydrogen-bond donors (Lipinski definition) is 1. The lowest BCUT2D eigenvalue weighted by atomic mass is 10.1. The van der Waals surface area contributed by atoms with Crippen LogP contribution >= 0.6 is 11.6 Å². The first-order valence-corrected chi connectivity index (χ1v) is 5.03. The topological polar surface area (TPSA) is 36.9 Å². The summed E-state index contributed by atoms with van der Waals surface area (Å²) in [7, 11) is 0. The van der Waals surface area contributed by atoms with Gasteiger partial charge in [0.2, 0.25) is 0 Å². The van der Waals surface area contributed by atoms with Crippen molar-refractivity contribution >= 4 is 11.6 Å². The van der Waals surface area contributed by atoms with E-state index in [1.54, 1.807) is 6.07 Å². The fourth-order valence-electron chi connectivity index (χ4n) is 1.95. The van der Waals surface area contributed by atoms with Crippen molar-refractivity contribution in [2.45, 2.75) is 25.5 Å². The second-order valence-electron chi connectivity index (χ2n) is 3.69. The number of rotatable bonds is 2. The summed E-state index contributed by atoms with van der Waals surface area (Å²) in [5, 5.41) is 0.429. The molecule has 16 heavy (non-hydrogen) atoms. The molecule has 2 nitrogen and oxygen atoms in total. The molecule has 1 unspecified atom stereocenters. The Morgan fingerprint density at radius 1 is 1.38 bits per heavy atom. The molecule has 6 heteroatoms. The number of fused-ring (bicyclic) bond motifs is 1. The van der Waals surface area contributed by atoms with E-state index in [1.165, 1.54) is 6.07 Å². The molecule has 1 aromatic carbocycles. The Morgan fingerprint density at radius 3 is 2.69 bits per heavy atom. The van der Waals surface area contributed by atoms with Crippen LogP contribution in [0.15, 0.2) is 12.1 Å². The maximum Gasteiger partial charge on any atom is 0.387 e. The van der Waals surface area contributed by atoms with Crippen LogP contribution in [0.4, 0.5) is 8.78 Å². The van der Waals surface area contributed by atoms with Crippen molar-refractivity contribution in [2.24, 2.45) is 0 Å². The molecular weight excluding hydrogens is 259 g/mol. The first-order chi connectivity index (χ1) is 7.06. The summed E-state index contributed by atoms with van der Waals surface area (Å²) in [5.41, 5.74) is 5.71. The quantitative estimate of drug-likeness (QED) is 0.709. The molecule has 0 fully saturated rings. The van der Waals surface area contributed by atoms with Crippen LogP contribution in [0, 0.1) is 0 Å². The van der Waals surface area contributed by atoms with E-state index in [4.69, 9.17) is 11.6 Å². The highest BCUT2D eigenvalue weighted by molar-refractivity contribution is 6.30. The lowest BCUT2D eigenvalue weighted by molar-refractivity contribution is -0.416. The summed E-state index contributed by atoms with van der Waals surface area (Å²) in [6.45, 7) is -2.81. The highest BCUT2D eigenvalue weighted by Crippen LogP contribution is 2.33. The Bertz CT molecular complexity index is 387. The van der Waals surface area contributed by atoms with E-state index in [1.807, 2.05) is 0 Å². The molecular formula is C10H11Cl2F2NO. The van der Waals surface area contributed by atoms with Crippen molar-refractivity contribution in [3.8, 4) is 5.75 Å². The van der Waals surface area contributed by atoms with E-state index in [2.05, 4.69) is 10.5 Å². The van der Waals surface area contributed by atoms with Crippen molar-refractivity contribution in [2.75, 3.05) is 0 Å². The zero-order valence-corrected chi connectivity index (χ0v) is 9.86. The SMILES string of the molecule is [Cl-].[NH3+]C1Cc2cc(Cl)cc(OC(F)F)c2C1. The maximum atomic E-state index is 12.1. The average Bonchev–Trinajstić information content (AvgIpc) is 2.44. The number of benzene rings is 1. The van der Waals surface area contributed by atoms with E-state index < -0.39 is 6.61 Å². The molecule has 0 amide bonds. The zero-order chi connectivity index (χ0) is 11.0. The Balaban J connectivity index is 0.00000128. The normalized spacial score (nSPS) is 18.2. The van der Waals surface area contributed by atoms with Crippen LogP contribution in [0.2, 0.25) is 5.02 Å². The summed E-state index contributed by atoms with van der Waals surface area (Å²) < 4.78 is 28.7. The smallest absolute Gasteiger partial charge is 0.387 e. The summed E-state index contributed by atoms with van der Waals surface area (Å²) in [4.78, 5) is 0. The molecule has 3 N–H and O–H groups in total. The number of alkyl halides is 2. The Kier molecular flexibility index (Phi) is 4.35. The van der Waals surface area contributed by atoms with Crippen LogP contribution in [0.3, 0.4) is 0 Å². The zero-order valence-electron chi connectivity index (χ0n) is 8.35. The van der Waals surface area contributed by atoms with Gasteiger partial charge in [0.05, 0.1) is 6.04 Å². The van der Waals surface area contributed by atoms with E-state index >= 15 is 0 Å². The van der Waals surface area contributed by atoms with Gasteiger partial charge in [-0.3, -0.25) is 0 Å². The number of hydrogen-bond acceptors (Lipinski definition) is 1. The van der Waals surface area contributed by atoms with Crippen molar-refractivity contribution in [3.05, 3.63) is 28.3 Å². The van der Waals surface area contributed by atoms with Crippen LogP contribution in [0.25, 0.3) is 0 Å². The second-order valence-corrected chi connectivity index (χ2v) is 4.13. The van der Waals surface area contributed by atoms with Crippen LogP contribution in [-0.4, -0.2) is 12.7 Å². The van der Waals surface area contributed by atoms with Crippen LogP contribution in [0.5, 0.6) is 5.75 Å². The second kappa shape index (κ2) is 5.17. The van der Waals surface area contributed by atoms with Gasteiger partial charge in [-0.1, -0.05) is 11.6 Å². The summed E-state index contributed by atoms with van der Waals surface area (Å²) >= 11 is 5.81. The van der Waals surface area contributed by atoms with Gasteiger partial charge in [0.1, 0.15) is 5.75 Å². The third-order valence-electron chi connectivity index (χ3n) is 2.48. The summed E-state index contributed by atoms with van der Waals surface area (Å²) in [6.07, 6.45) is 1.45. The minimum absolute atomic E-state index is 0. The predicted octanol–water partition coefficient (Wildman–Crippen LogP) is -1.35. The lowest BCUT2D eigenvalue weighted by Crippen LogP contribution is -3.00. The fourth-order valence-corrected chi connectivity index (χ4v) is 2.18. The van der Waals surface area contributed by atoms with Gasteiger partial charge in [0.15, 0.2) is 0 Å². The van der Waals surface area contributed by atoms with Gasteiger partial charge in [-0.25, -0.2) is 0 Å². The monoisotopic (exact) mass is 269 g/mol. The molecule has 0 spiro atoms. The molecule has 1 aromatic rings.